The maximum absolute atomic E-state index is 3.38. The van der Waals surface area contributed by atoms with Crippen molar-refractivity contribution in [3.8, 4) is 22.4 Å². The zero-order valence-corrected chi connectivity index (χ0v) is 12.5. The summed E-state index contributed by atoms with van der Waals surface area (Å²) in [5.74, 6) is 0. The van der Waals surface area contributed by atoms with Crippen molar-refractivity contribution in [2.45, 2.75) is 26.2 Å². The van der Waals surface area contributed by atoms with Gasteiger partial charge in [-0.2, -0.15) is 0 Å². The van der Waals surface area contributed by atoms with Gasteiger partial charge in [0, 0.05) is 11.9 Å². The van der Waals surface area contributed by atoms with E-state index in [-0.39, 0.29) is 0 Å². The smallest absolute Gasteiger partial charge is 0.0460 e. The van der Waals surface area contributed by atoms with Crippen LogP contribution in [0.2, 0.25) is 0 Å². The lowest BCUT2D eigenvalue weighted by atomic mass is 10.0. The van der Waals surface area contributed by atoms with Gasteiger partial charge in [0.05, 0.1) is 0 Å². The Kier molecular flexibility index (Phi) is 4.20. The molecule has 0 amide bonds. The number of nitrogens with one attached hydrogen (secondary N) is 1. The second-order valence-corrected chi connectivity index (χ2v) is 5.47. The van der Waals surface area contributed by atoms with Crippen molar-refractivity contribution >= 4 is 0 Å². The zero-order valence-electron chi connectivity index (χ0n) is 12.5. The van der Waals surface area contributed by atoms with Crippen LogP contribution < -0.4 is 0 Å². The summed E-state index contributed by atoms with van der Waals surface area (Å²) in [5, 5.41) is 0. The Bertz CT molecular complexity index is 677. The van der Waals surface area contributed by atoms with Gasteiger partial charge in [0.15, 0.2) is 0 Å². The normalized spacial score (nSPS) is 10.7. The van der Waals surface area contributed by atoms with Crippen LogP contribution in [-0.2, 0) is 6.42 Å². The molecule has 1 aromatic heterocycles. The fourth-order valence-corrected chi connectivity index (χ4v) is 2.59. The van der Waals surface area contributed by atoms with Gasteiger partial charge in [-0.15, -0.1) is 0 Å². The lowest BCUT2D eigenvalue weighted by molar-refractivity contribution is 0.795. The molecular formula is C20H21N. The maximum atomic E-state index is 3.38. The SMILES string of the molecule is CCCCc1ccc(-c2cc(-c3ccccc3)c[nH]2)cc1. The number of rotatable bonds is 5. The van der Waals surface area contributed by atoms with Crippen LogP contribution in [0.3, 0.4) is 0 Å². The summed E-state index contributed by atoms with van der Waals surface area (Å²) < 4.78 is 0. The molecule has 0 saturated heterocycles. The number of aromatic nitrogens is 1. The molecule has 0 radical (unpaired) electrons. The van der Waals surface area contributed by atoms with Gasteiger partial charge in [0.2, 0.25) is 0 Å². The summed E-state index contributed by atoms with van der Waals surface area (Å²) in [6.07, 6.45) is 5.77. The molecule has 0 fully saturated rings. The summed E-state index contributed by atoms with van der Waals surface area (Å²) in [6, 6.07) is 21.6. The molecule has 0 saturated carbocycles. The number of benzene rings is 2. The minimum absolute atomic E-state index is 1.18. The first kappa shape index (κ1) is 13.7. The van der Waals surface area contributed by atoms with Gasteiger partial charge in [-0.25, -0.2) is 0 Å². The van der Waals surface area contributed by atoms with Gasteiger partial charge in [-0.3, -0.25) is 0 Å². The van der Waals surface area contributed by atoms with Gasteiger partial charge in [0.1, 0.15) is 0 Å². The summed E-state index contributed by atoms with van der Waals surface area (Å²) >= 11 is 0. The summed E-state index contributed by atoms with van der Waals surface area (Å²) in [7, 11) is 0. The first-order chi connectivity index (χ1) is 10.4. The molecule has 106 valence electrons. The van der Waals surface area contributed by atoms with Crippen LogP contribution in [0.5, 0.6) is 0 Å². The van der Waals surface area contributed by atoms with E-state index in [1.54, 1.807) is 0 Å². The Morgan fingerprint density at radius 1 is 0.810 bits per heavy atom. The second-order valence-electron chi connectivity index (χ2n) is 5.47. The summed E-state index contributed by atoms with van der Waals surface area (Å²) in [4.78, 5) is 3.38. The van der Waals surface area contributed by atoms with Crippen molar-refractivity contribution in [1.29, 1.82) is 0 Å². The number of aryl methyl sites for hydroxylation is 1. The number of unbranched alkanes of at least 4 members (excludes halogenated alkanes) is 1. The van der Waals surface area contributed by atoms with E-state index in [4.69, 9.17) is 0 Å². The van der Waals surface area contributed by atoms with E-state index >= 15 is 0 Å². The van der Waals surface area contributed by atoms with Crippen molar-refractivity contribution in [1.82, 2.24) is 4.98 Å². The van der Waals surface area contributed by atoms with Gasteiger partial charge >= 0.3 is 0 Å². The standard InChI is InChI=1S/C20H21N/c1-2-3-7-16-10-12-18(13-11-16)20-14-19(15-21-20)17-8-5-4-6-9-17/h4-6,8-15,21H,2-3,7H2,1H3. The highest BCUT2D eigenvalue weighted by Crippen LogP contribution is 2.26. The Hall–Kier alpha value is -2.28. The minimum atomic E-state index is 1.18. The van der Waals surface area contributed by atoms with Crippen LogP contribution >= 0.6 is 0 Å². The first-order valence-electron chi connectivity index (χ1n) is 7.70. The zero-order chi connectivity index (χ0) is 14.5. The molecule has 0 aliphatic heterocycles. The molecule has 3 aromatic rings. The number of aromatic amines is 1. The molecule has 0 aliphatic rings. The van der Waals surface area contributed by atoms with Crippen LogP contribution in [-0.4, -0.2) is 4.98 Å². The van der Waals surface area contributed by atoms with E-state index in [9.17, 15) is 0 Å². The Morgan fingerprint density at radius 2 is 1.57 bits per heavy atom. The highest BCUT2D eigenvalue weighted by molar-refractivity contribution is 5.71. The summed E-state index contributed by atoms with van der Waals surface area (Å²) in [5.41, 5.74) is 6.34. The Balaban J connectivity index is 1.80. The maximum Gasteiger partial charge on any atom is 0.0460 e. The number of hydrogen-bond donors (Lipinski definition) is 1. The van der Waals surface area contributed by atoms with E-state index in [0.717, 1.165) is 0 Å². The van der Waals surface area contributed by atoms with Crippen molar-refractivity contribution in [2.75, 3.05) is 0 Å². The van der Waals surface area contributed by atoms with Crippen LogP contribution in [0.1, 0.15) is 25.3 Å². The lowest BCUT2D eigenvalue weighted by Crippen LogP contribution is -1.84. The van der Waals surface area contributed by atoms with Crippen LogP contribution in [0.4, 0.5) is 0 Å². The van der Waals surface area contributed by atoms with E-state index in [1.165, 1.54) is 47.2 Å². The first-order valence-corrected chi connectivity index (χ1v) is 7.70. The molecule has 21 heavy (non-hydrogen) atoms. The second kappa shape index (κ2) is 6.45. The molecule has 0 atom stereocenters. The van der Waals surface area contributed by atoms with E-state index in [0.29, 0.717) is 0 Å². The van der Waals surface area contributed by atoms with Crippen LogP contribution in [0, 0.1) is 0 Å². The Labute approximate surface area is 126 Å². The predicted molar refractivity (Wildman–Crippen MR) is 90.3 cm³/mol. The quantitative estimate of drug-likeness (QED) is 0.615. The van der Waals surface area contributed by atoms with E-state index < -0.39 is 0 Å². The molecule has 0 unspecified atom stereocenters. The van der Waals surface area contributed by atoms with Gasteiger partial charge in [-0.1, -0.05) is 67.9 Å². The van der Waals surface area contributed by atoms with E-state index in [1.807, 2.05) is 6.07 Å². The van der Waals surface area contributed by atoms with Crippen LogP contribution in [0.25, 0.3) is 22.4 Å². The average Bonchev–Trinajstić information content (AvgIpc) is 3.04. The molecule has 1 N–H and O–H groups in total. The van der Waals surface area contributed by atoms with Crippen LogP contribution in [0.15, 0.2) is 66.9 Å². The fraction of sp³-hybridized carbons (Fsp3) is 0.200. The van der Waals surface area contributed by atoms with Crippen molar-refractivity contribution < 1.29 is 0 Å². The Morgan fingerprint density at radius 3 is 2.29 bits per heavy atom. The largest absolute Gasteiger partial charge is 0.361 e. The molecule has 2 aromatic carbocycles. The molecule has 0 aliphatic carbocycles. The molecule has 1 heterocycles. The molecule has 0 bridgehead atoms. The third-order valence-corrected chi connectivity index (χ3v) is 3.87. The predicted octanol–water partition coefficient (Wildman–Crippen LogP) is 5.69. The molecule has 3 rings (SSSR count). The highest BCUT2D eigenvalue weighted by atomic mass is 14.7. The van der Waals surface area contributed by atoms with Crippen molar-refractivity contribution in [3.63, 3.8) is 0 Å². The van der Waals surface area contributed by atoms with Crippen molar-refractivity contribution in [2.24, 2.45) is 0 Å². The summed E-state index contributed by atoms with van der Waals surface area (Å²) in [6.45, 7) is 2.23. The minimum Gasteiger partial charge on any atom is -0.361 e. The third kappa shape index (κ3) is 3.25. The van der Waals surface area contributed by atoms with Gasteiger partial charge in [0.25, 0.3) is 0 Å². The fourth-order valence-electron chi connectivity index (χ4n) is 2.59. The van der Waals surface area contributed by atoms with Crippen molar-refractivity contribution in [3.05, 3.63) is 72.4 Å². The van der Waals surface area contributed by atoms with E-state index in [2.05, 4.69) is 72.7 Å². The van der Waals surface area contributed by atoms with Gasteiger partial charge in [-0.05, 0) is 41.2 Å². The van der Waals surface area contributed by atoms with Gasteiger partial charge < -0.3 is 4.98 Å². The lowest BCUT2D eigenvalue weighted by Gasteiger charge is -2.02. The molecule has 1 nitrogen and oxygen atoms in total. The topological polar surface area (TPSA) is 15.8 Å². The third-order valence-electron chi connectivity index (χ3n) is 3.87. The molecule has 1 heteroatoms. The number of hydrogen-bond acceptors (Lipinski definition) is 0. The number of H-pyrrole nitrogens is 1. The monoisotopic (exact) mass is 275 g/mol. The highest BCUT2D eigenvalue weighted by Gasteiger charge is 2.04. The molecular weight excluding hydrogens is 254 g/mol. The molecule has 0 spiro atoms. The average molecular weight is 275 g/mol.